The molecule has 0 saturated carbocycles. The number of rotatable bonds is 2. The van der Waals surface area contributed by atoms with Crippen molar-refractivity contribution in [1.29, 1.82) is 0 Å². The van der Waals surface area contributed by atoms with E-state index in [1.54, 1.807) is 19.3 Å². The number of hydrogen-bond donors (Lipinski definition) is 1. The molecule has 4 rings (SSSR count). The largest absolute Gasteiger partial charge is 0.366 e. The summed E-state index contributed by atoms with van der Waals surface area (Å²) in [6.07, 6.45) is 4.84. The minimum Gasteiger partial charge on any atom is -0.366 e. The second-order valence-corrected chi connectivity index (χ2v) is 6.85. The lowest BCUT2D eigenvalue weighted by atomic mass is 9.90. The van der Waals surface area contributed by atoms with Crippen LogP contribution in [0, 0.1) is 0 Å². The van der Waals surface area contributed by atoms with Gasteiger partial charge in [0.05, 0.1) is 16.6 Å². The third kappa shape index (κ3) is 2.68. The number of fused-ring (bicyclic) bond motifs is 1. The van der Waals surface area contributed by atoms with Gasteiger partial charge in [-0.1, -0.05) is 24.3 Å². The van der Waals surface area contributed by atoms with Crippen molar-refractivity contribution < 1.29 is 9.84 Å². The van der Waals surface area contributed by atoms with E-state index < -0.39 is 11.4 Å². The third-order valence-corrected chi connectivity index (χ3v) is 4.79. The quantitative estimate of drug-likeness (QED) is 0.774. The number of benzene rings is 2. The Bertz CT molecular complexity index is 907. The van der Waals surface area contributed by atoms with Crippen molar-refractivity contribution in [3.05, 3.63) is 60.4 Å². The van der Waals surface area contributed by atoms with Crippen LogP contribution in [0.25, 0.3) is 22.2 Å². The minimum absolute atomic E-state index is 0.462. The molecule has 0 bridgehead atoms. The van der Waals surface area contributed by atoms with Gasteiger partial charge in [-0.05, 0) is 55.2 Å². The van der Waals surface area contributed by atoms with Gasteiger partial charge in [-0.3, -0.25) is 9.97 Å². The molecule has 0 spiro atoms. The topological polar surface area (TPSA) is 55.2 Å². The standard InChI is InChI=1S/C20H20N2O2/c1-19(8-9-20(2,23)24-19)16-5-3-4-14(12-16)15-6-7-17-18(13-15)22-11-10-21-17/h3-7,10-13,23H,8-9H2,1-2H3. The van der Waals surface area contributed by atoms with Crippen molar-refractivity contribution in [3.8, 4) is 11.1 Å². The molecule has 0 amide bonds. The number of nitrogens with zero attached hydrogens (tertiary/aromatic N) is 2. The van der Waals surface area contributed by atoms with Gasteiger partial charge in [0.1, 0.15) is 0 Å². The molecule has 2 heterocycles. The van der Waals surface area contributed by atoms with Crippen LogP contribution < -0.4 is 0 Å². The van der Waals surface area contributed by atoms with E-state index in [-0.39, 0.29) is 0 Å². The number of hydrogen-bond acceptors (Lipinski definition) is 4. The van der Waals surface area contributed by atoms with Crippen LogP contribution in [0.5, 0.6) is 0 Å². The van der Waals surface area contributed by atoms with E-state index in [4.69, 9.17) is 4.74 Å². The van der Waals surface area contributed by atoms with Crippen LogP contribution in [0.4, 0.5) is 0 Å². The molecule has 122 valence electrons. The Kier molecular flexibility index (Phi) is 3.41. The van der Waals surface area contributed by atoms with Gasteiger partial charge in [0.15, 0.2) is 5.79 Å². The molecule has 1 N–H and O–H groups in total. The zero-order valence-electron chi connectivity index (χ0n) is 13.9. The summed E-state index contributed by atoms with van der Waals surface area (Å²) in [6.45, 7) is 3.77. The fourth-order valence-electron chi connectivity index (χ4n) is 3.43. The fraction of sp³-hybridized carbons (Fsp3) is 0.300. The summed E-state index contributed by atoms with van der Waals surface area (Å²) in [5.41, 5.74) is 4.59. The Morgan fingerprint density at radius 1 is 0.917 bits per heavy atom. The normalized spacial score (nSPS) is 26.8. The first-order chi connectivity index (χ1) is 11.5. The Balaban J connectivity index is 1.74. The Morgan fingerprint density at radius 2 is 1.67 bits per heavy atom. The van der Waals surface area contributed by atoms with Crippen molar-refractivity contribution in [2.24, 2.45) is 0 Å². The first-order valence-electron chi connectivity index (χ1n) is 8.20. The molecule has 0 radical (unpaired) electrons. The second-order valence-electron chi connectivity index (χ2n) is 6.85. The summed E-state index contributed by atoms with van der Waals surface area (Å²) in [5.74, 6) is -1.05. The molecular formula is C20H20N2O2. The summed E-state index contributed by atoms with van der Waals surface area (Å²) in [7, 11) is 0. The van der Waals surface area contributed by atoms with Gasteiger partial charge in [-0.2, -0.15) is 0 Å². The Morgan fingerprint density at radius 3 is 2.42 bits per heavy atom. The van der Waals surface area contributed by atoms with Crippen LogP contribution in [-0.2, 0) is 10.3 Å². The summed E-state index contributed by atoms with van der Waals surface area (Å²) in [4.78, 5) is 8.69. The maximum atomic E-state index is 10.2. The predicted octanol–water partition coefficient (Wildman–Crippen LogP) is 4.03. The molecule has 24 heavy (non-hydrogen) atoms. The van der Waals surface area contributed by atoms with Crippen molar-refractivity contribution in [3.63, 3.8) is 0 Å². The molecule has 1 fully saturated rings. The molecule has 1 aliphatic heterocycles. The summed E-state index contributed by atoms with van der Waals surface area (Å²) in [6, 6.07) is 14.4. The number of aromatic nitrogens is 2. The highest BCUT2D eigenvalue weighted by Crippen LogP contribution is 2.43. The van der Waals surface area contributed by atoms with Crippen molar-refractivity contribution in [2.45, 2.75) is 38.1 Å². The molecule has 2 unspecified atom stereocenters. The van der Waals surface area contributed by atoms with Crippen molar-refractivity contribution in [1.82, 2.24) is 9.97 Å². The van der Waals surface area contributed by atoms with Crippen LogP contribution in [0.3, 0.4) is 0 Å². The zero-order chi connectivity index (χ0) is 16.8. The zero-order valence-corrected chi connectivity index (χ0v) is 13.9. The van der Waals surface area contributed by atoms with Crippen LogP contribution in [0.1, 0.15) is 32.3 Å². The van der Waals surface area contributed by atoms with Crippen LogP contribution in [0.2, 0.25) is 0 Å². The van der Waals surface area contributed by atoms with Gasteiger partial charge in [0, 0.05) is 18.8 Å². The van der Waals surface area contributed by atoms with Gasteiger partial charge < -0.3 is 9.84 Å². The van der Waals surface area contributed by atoms with Gasteiger partial charge in [0.2, 0.25) is 0 Å². The van der Waals surface area contributed by atoms with E-state index in [1.807, 2.05) is 19.1 Å². The molecular weight excluding hydrogens is 300 g/mol. The molecule has 4 nitrogen and oxygen atoms in total. The molecule has 1 saturated heterocycles. The van der Waals surface area contributed by atoms with E-state index in [0.29, 0.717) is 6.42 Å². The fourth-order valence-corrected chi connectivity index (χ4v) is 3.43. The molecule has 3 aromatic rings. The van der Waals surface area contributed by atoms with E-state index >= 15 is 0 Å². The lowest BCUT2D eigenvalue weighted by Crippen LogP contribution is -2.29. The highest BCUT2D eigenvalue weighted by Gasteiger charge is 2.43. The first kappa shape index (κ1) is 15.2. The van der Waals surface area contributed by atoms with Gasteiger partial charge >= 0.3 is 0 Å². The molecule has 2 aromatic carbocycles. The highest BCUT2D eigenvalue weighted by atomic mass is 16.6. The van der Waals surface area contributed by atoms with Crippen molar-refractivity contribution >= 4 is 11.0 Å². The average molecular weight is 320 g/mol. The monoisotopic (exact) mass is 320 g/mol. The van der Waals surface area contributed by atoms with Crippen LogP contribution in [0.15, 0.2) is 54.9 Å². The number of aliphatic hydroxyl groups is 1. The predicted molar refractivity (Wildman–Crippen MR) is 93.3 cm³/mol. The van der Waals surface area contributed by atoms with E-state index in [0.717, 1.165) is 34.1 Å². The Labute approximate surface area is 141 Å². The Hall–Kier alpha value is -2.30. The maximum absolute atomic E-state index is 10.2. The third-order valence-electron chi connectivity index (χ3n) is 4.79. The first-order valence-corrected chi connectivity index (χ1v) is 8.20. The summed E-state index contributed by atoms with van der Waals surface area (Å²) >= 11 is 0. The SMILES string of the molecule is CC1(O)CCC(C)(c2cccc(-c3ccc4nccnc4c3)c2)O1. The van der Waals surface area contributed by atoms with E-state index in [9.17, 15) is 5.11 Å². The second kappa shape index (κ2) is 5.36. The van der Waals surface area contributed by atoms with Crippen LogP contribution in [-0.4, -0.2) is 20.9 Å². The lowest BCUT2D eigenvalue weighted by molar-refractivity contribution is -0.210. The summed E-state index contributed by atoms with van der Waals surface area (Å²) in [5, 5.41) is 10.2. The molecule has 0 aliphatic carbocycles. The van der Waals surface area contributed by atoms with Gasteiger partial charge in [-0.25, -0.2) is 0 Å². The average Bonchev–Trinajstić information content (AvgIpc) is 2.89. The van der Waals surface area contributed by atoms with Crippen molar-refractivity contribution in [2.75, 3.05) is 0 Å². The smallest absolute Gasteiger partial charge is 0.163 e. The van der Waals surface area contributed by atoms with E-state index in [1.165, 1.54) is 0 Å². The summed E-state index contributed by atoms with van der Waals surface area (Å²) < 4.78 is 5.92. The molecule has 4 heteroatoms. The molecule has 1 aromatic heterocycles. The lowest BCUT2D eigenvalue weighted by Gasteiger charge is -2.28. The minimum atomic E-state index is -1.05. The number of ether oxygens (including phenoxy) is 1. The van der Waals surface area contributed by atoms with Gasteiger partial charge in [-0.15, -0.1) is 0 Å². The van der Waals surface area contributed by atoms with Crippen LogP contribution >= 0.6 is 0 Å². The molecule has 1 aliphatic rings. The maximum Gasteiger partial charge on any atom is 0.163 e. The van der Waals surface area contributed by atoms with E-state index in [2.05, 4.69) is 40.3 Å². The highest BCUT2D eigenvalue weighted by molar-refractivity contribution is 5.81. The molecule has 2 atom stereocenters. The van der Waals surface area contributed by atoms with Gasteiger partial charge in [0.25, 0.3) is 0 Å².